The Bertz CT molecular complexity index is 322. The largest absolute Gasteiger partial charge is 0.481 e. The highest BCUT2D eigenvalue weighted by atomic mass is 16.4. The van der Waals surface area contributed by atoms with Crippen molar-refractivity contribution in [1.82, 2.24) is 4.98 Å². The Morgan fingerprint density at radius 2 is 2.33 bits per heavy atom. The van der Waals surface area contributed by atoms with Gasteiger partial charge in [-0.25, -0.2) is 0 Å². The third-order valence-electron chi connectivity index (χ3n) is 2.12. The van der Waals surface area contributed by atoms with Gasteiger partial charge in [0.25, 0.3) is 0 Å². The number of aliphatic carboxylic acids is 1. The molecule has 1 atom stereocenters. The number of carboxylic acids is 1. The van der Waals surface area contributed by atoms with Crippen LogP contribution in [0.2, 0.25) is 0 Å². The number of aryl methyl sites for hydroxylation is 1. The van der Waals surface area contributed by atoms with Crippen molar-refractivity contribution in [3.63, 3.8) is 0 Å². The van der Waals surface area contributed by atoms with E-state index in [9.17, 15) is 4.79 Å². The fourth-order valence-electron chi connectivity index (χ4n) is 1.25. The Balaban J connectivity index is 2.40. The number of rotatable bonds is 5. The molecule has 0 aliphatic heterocycles. The van der Waals surface area contributed by atoms with E-state index >= 15 is 0 Å². The topological polar surface area (TPSA) is 62.2 Å². The number of hydrogen-bond acceptors (Lipinski definition) is 3. The highest BCUT2D eigenvalue weighted by Gasteiger charge is 2.05. The Morgan fingerprint density at radius 3 is 2.87 bits per heavy atom. The molecular formula is C11H16N2O2. The average molecular weight is 208 g/mol. The molecule has 0 saturated heterocycles. The first kappa shape index (κ1) is 11.5. The van der Waals surface area contributed by atoms with Gasteiger partial charge in [0.15, 0.2) is 0 Å². The monoisotopic (exact) mass is 208 g/mol. The molecule has 0 aromatic carbocycles. The van der Waals surface area contributed by atoms with Gasteiger partial charge in [-0.3, -0.25) is 9.78 Å². The molecule has 0 fully saturated rings. The van der Waals surface area contributed by atoms with E-state index in [-0.39, 0.29) is 12.5 Å². The normalized spacial score (nSPS) is 12.1. The smallest absolute Gasteiger partial charge is 0.303 e. The molecular weight excluding hydrogens is 192 g/mol. The molecule has 4 heteroatoms. The first-order valence-electron chi connectivity index (χ1n) is 4.99. The molecule has 0 aliphatic rings. The van der Waals surface area contributed by atoms with Gasteiger partial charge in [0, 0.05) is 18.2 Å². The van der Waals surface area contributed by atoms with Crippen molar-refractivity contribution < 1.29 is 9.90 Å². The summed E-state index contributed by atoms with van der Waals surface area (Å²) in [7, 11) is 0. The minimum atomic E-state index is -0.759. The molecule has 1 unspecified atom stereocenters. The highest BCUT2D eigenvalue weighted by Crippen LogP contribution is 2.09. The van der Waals surface area contributed by atoms with E-state index in [0.717, 1.165) is 11.4 Å². The van der Waals surface area contributed by atoms with Gasteiger partial charge in [-0.15, -0.1) is 0 Å². The van der Waals surface area contributed by atoms with Gasteiger partial charge in [0.1, 0.15) is 0 Å². The Kier molecular flexibility index (Phi) is 4.09. The Labute approximate surface area is 89.3 Å². The van der Waals surface area contributed by atoms with Crippen LogP contribution in [0.4, 0.5) is 5.69 Å². The van der Waals surface area contributed by atoms with Crippen molar-refractivity contribution in [2.24, 2.45) is 0 Å². The zero-order valence-corrected chi connectivity index (χ0v) is 9.03. The molecule has 0 amide bonds. The number of carboxylic acid groups (broad SMARTS) is 1. The third kappa shape index (κ3) is 4.44. The molecule has 0 aliphatic carbocycles. The van der Waals surface area contributed by atoms with Crippen LogP contribution in [0.15, 0.2) is 18.3 Å². The molecule has 82 valence electrons. The van der Waals surface area contributed by atoms with Crippen molar-refractivity contribution >= 4 is 11.7 Å². The second-order valence-corrected chi connectivity index (χ2v) is 3.67. The number of hydrogen-bond donors (Lipinski definition) is 2. The fraction of sp³-hybridized carbons (Fsp3) is 0.455. The number of aromatic nitrogens is 1. The van der Waals surface area contributed by atoms with Crippen molar-refractivity contribution in [3.05, 3.63) is 24.0 Å². The highest BCUT2D eigenvalue weighted by molar-refractivity contribution is 5.66. The van der Waals surface area contributed by atoms with Crippen LogP contribution in [0, 0.1) is 6.92 Å². The van der Waals surface area contributed by atoms with E-state index < -0.39 is 5.97 Å². The molecule has 1 aromatic rings. The summed E-state index contributed by atoms with van der Waals surface area (Å²) in [5.74, 6) is -0.759. The lowest BCUT2D eigenvalue weighted by Crippen LogP contribution is -2.16. The maximum Gasteiger partial charge on any atom is 0.303 e. The van der Waals surface area contributed by atoms with Gasteiger partial charge in [0.05, 0.1) is 11.9 Å². The van der Waals surface area contributed by atoms with Crippen LogP contribution in [0.25, 0.3) is 0 Å². The first-order valence-corrected chi connectivity index (χ1v) is 4.99. The van der Waals surface area contributed by atoms with Crippen LogP contribution in [-0.2, 0) is 4.79 Å². The predicted octanol–water partition coefficient (Wildman–Crippen LogP) is 2.06. The second kappa shape index (κ2) is 5.34. The molecule has 15 heavy (non-hydrogen) atoms. The first-order chi connectivity index (χ1) is 7.08. The van der Waals surface area contributed by atoms with Gasteiger partial charge in [-0.1, -0.05) is 0 Å². The van der Waals surface area contributed by atoms with Crippen molar-refractivity contribution in [1.29, 1.82) is 0 Å². The minimum absolute atomic E-state index is 0.144. The SMILES string of the molecule is Cc1ccc(NC(C)CCC(=O)O)cn1. The Morgan fingerprint density at radius 1 is 1.60 bits per heavy atom. The van der Waals surface area contributed by atoms with Crippen molar-refractivity contribution in [2.75, 3.05) is 5.32 Å². The second-order valence-electron chi connectivity index (χ2n) is 3.67. The molecule has 0 radical (unpaired) electrons. The van der Waals surface area contributed by atoms with Gasteiger partial charge in [0.2, 0.25) is 0 Å². The van der Waals surface area contributed by atoms with E-state index in [2.05, 4.69) is 10.3 Å². The Hall–Kier alpha value is -1.58. The number of nitrogens with zero attached hydrogens (tertiary/aromatic N) is 1. The van der Waals surface area contributed by atoms with E-state index in [4.69, 9.17) is 5.11 Å². The molecule has 4 nitrogen and oxygen atoms in total. The summed E-state index contributed by atoms with van der Waals surface area (Å²) < 4.78 is 0. The van der Waals surface area contributed by atoms with Crippen LogP contribution in [0.5, 0.6) is 0 Å². The minimum Gasteiger partial charge on any atom is -0.481 e. The maximum atomic E-state index is 10.4. The van der Waals surface area contributed by atoms with Crippen LogP contribution in [-0.4, -0.2) is 22.1 Å². The maximum absolute atomic E-state index is 10.4. The summed E-state index contributed by atoms with van der Waals surface area (Å²) in [6, 6.07) is 4.01. The molecule has 0 spiro atoms. The van der Waals surface area contributed by atoms with E-state index in [1.807, 2.05) is 26.0 Å². The van der Waals surface area contributed by atoms with Gasteiger partial charge >= 0.3 is 5.97 Å². The lowest BCUT2D eigenvalue weighted by Gasteiger charge is -2.13. The summed E-state index contributed by atoms with van der Waals surface area (Å²) >= 11 is 0. The molecule has 1 rings (SSSR count). The van der Waals surface area contributed by atoms with Gasteiger partial charge in [-0.2, -0.15) is 0 Å². The molecule has 1 aromatic heterocycles. The third-order valence-corrected chi connectivity index (χ3v) is 2.12. The van der Waals surface area contributed by atoms with Gasteiger partial charge < -0.3 is 10.4 Å². The van der Waals surface area contributed by atoms with Crippen LogP contribution in [0.1, 0.15) is 25.5 Å². The van der Waals surface area contributed by atoms with Crippen molar-refractivity contribution in [3.8, 4) is 0 Å². The molecule has 0 bridgehead atoms. The van der Waals surface area contributed by atoms with Crippen molar-refractivity contribution in [2.45, 2.75) is 32.7 Å². The molecule has 2 N–H and O–H groups in total. The summed E-state index contributed by atoms with van der Waals surface area (Å²) in [6.45, 7) is 3.89. The lowest BCUT2D eigenvalue weighted by molar-refractivity contribution is -0.137. The number of anilines is 1. The number of carbonyl (C=O) groups is 1. The van der Waals surface area contributed by atoms with Crippen LogP contribution in [0.3, 0.4) is 0 Å². The molecule has 1 heterocycles. The summed E-state index contributed by atoms with van der Waals surface area (Å²) in [5, 5.41) is 11.7. The summed E-state index contributed by atoms with van der Waals surface area (Å²) in [5.41, 5.74) is 1.90. The van der Waals surface area contributed by atoms with Gasteiger partial charge in [-0.05, 0) is 32.4 Å². The number of pyridine rings is 1. The van der Waals surface area contributed by atoms with E-state index in [1.54, 1.807) is 6.20 Å². The average Bonchev–Trinajstić information content (AvgIpc) is 2.19. The predicted molar refractivity (Wildman–Crippen MR) is 58.9 cm³/mol. The zero-order valence-electron chi connectivity index (χ0n) is 9.03. The van der Waals surface area contributed by atoms with E-state index in [0.29, 0.717) is 6.42 Å². The fourth-order valence-corrected chi connectivity index (χ4v) is 1.25. The summed E-state index contributed by atoms with van der Waals surface area (Å²) in [6.07, 6.45) is 2.56. The lowest BCUT2D eigenvalue weighted by atomic mass is 10.2. The quantitative estimate of drug-likeness (QED) is 0.777. The number of nitrogens with one attached hydrogen (secondary N) is 1. The standard InChI is InChI=1S/C11H16N2O2/c1-8-3-5-10(7-12-8)13-9(2)4-6-11(14)15/h3,5,7,9,13H,4,6H2,1-2H3,(H,14,15). The van der Waals surface area contributed by atoms with E-state index in [1.165, 1.54) is 0 Å². The summed E-state index contributed by atoms with van der Waals surface area (Å²) in [4.78, 5) is 14.5. The molecule has 0 saturated carbocycles. The van der Waals surface area contributed by atoms with Crippen LogP contribution < -0.4 is 5.32 Å². The van der Waals surface area contributed by atoms with Crippen LogP contribution >= 0.6 is 0 Å². The zero-order chi connectivity index (χ0) is 11.3.